The van der Waals surface area contributed by atoms with Crippen LogP contribution in [0, 0.1) is 0 Å². The van der Waals surface area contributed by atoms with Crippen LogP contribution in [-0.4, -0.2) is 32.1 Å². The molecule has 0 spiro atoms. The number of hydrogen-bond donors (Lipinski definition) is 1. The van der Waals surface area contributed by atoms with Crippen molar-refractivity contribution in [2.45, 2.75) is 12.5 Å². The molecule has 1 aliphatic heterocycles. The Morgan fingerprint density at radius 1 is 1.25 bits per heavy atom. The maximum atomic E-state index is 12.2. The van der Waals surface area contributed by atoms with Crippen LogP contribution in [0.1, 0.15) is 37.9 Å². The lowest BCUT2D eigenvalue weighted by Gasteiger charge is -2.25. The van der Waals surface area contributed by atoms with E-state index in [1.165, 1.54) is 0 Å². The predicted molar refractivity (Wildman–Crippen MR) is 89.0 cm³/mol. The van der Waals surface area contributed by atoms with E-state index in [0.717, 1.165) is 11.1 Å². The number of cyclic esters (lactones) is 1. The van der Waals surface area contributed by atoms with E-state index in [1.807, 2.05) is 30.3 Å². The van der Waals surface area contributed by atoms with E-state index in [-0.39, 0.29) is 18.0 Å². The molecule has 0 aromatic heterocycles. The average Bonchev–Trinajstić information content (AvgIpc) is 2.62. The first-order valence-electron chi connectivity index (χ1n) is 7.85. The summed E-state index contributed by atoms with van der Waals surface area (Å²) in [4.78, 5) is 24.4. The molecule has 2 aromatic rings. The Morgan fingerprint density at radius 3 is 2.79 bits per heavy atom. The Bertz CT molecular complexity index is 742. The minimum Gasteiger partial charge on any atom is -0.454 e. The number of esters is 1. The number of ether oxygens (including phenoxy) is 2. The molecule has 0 saturated carbocycles. The van der Waals surface area contributed by atoms with E-state index >= 15 is 0 Å². The van der Waals surface area contributed by atoms with Crippen molar-refractivity contribution in [2.75, 3.05) is 20.3 Å². The zero-order valence-electron chi connectivity index (χ0n) is 13.5. The second-order valence-corrected chi connectivity index (χ2v) is 5.63. The van der Waals surface area contributed by atoms with Gasteiger partial charge in [0, 0.05) is 25.6 Å². The SMILES string of the molecule is COCCNC(=O)c1ccc2c(c1)CC(c1ccccc1)OC2=O. The number of hydrogen-bond acceptors (Lipinski definition) is 4. The van der Waals surface area contributed by atoms with Crippen LogP contribution < -0.4 is 5.32 Å². The molecule has 0 radical (unpaired) electrons. The standard InChI is InChI=1S/C19H19NO4/c1-23-10-9-20-18(21)14-7-8-16-15(11-14)12-17(24-19(16)22)13-5-3-2-4-6-13/h2-8,11,17H,9-10,12H2,1H3,(H,20,21). The molecule has 2 aromatic carbocycles. The second kappa shape index (κ2) is 7.27. The van der Waals surface area contributed by atoms with Crippen molar-refractivity contribution in [3.8, 4) is 0 Å². The number of carbonyl (C=O) groups excluding carboxylic acids is 2. The third-order valence-electron chi connectivity index (χ3n) is 4.01. The zero-order chi connectivity index (χ0) is 16.9. The Hall–Kier alpha value is -2.66. The van der Waals surface area contributed by atoms with Crippen molar-refractivity contribution in [1.82, 2.24) is 5.32 Å². The van der Waals surface area contributed by atoms with Crippen molar-refractivity contribution < 1.29 is 19.1 Å². The van der Waals surface area contributed by atoms with Gasteiger partial charge in [-0.15, -0.1) is 0 Å². The van der Waals surface area contributed by atoms with Crippen LogP contribution in [0.5, 0.6) is 0 Å². The molecule has 1 unspecified atom stereocenters. The van der Waals surface area contributed by atoms with Gasteiger partial charge in [0.2, 0.25) is 0 Å². The summed E-state index contributed by atoms with van der Waals surface area (Å²) in [5.74, 6) is -0.526. The zero-order valence-corrected chi connectivity index (χ0v) is 13.5. The number of benzene rings is 2. The van der Waals surface area contributed by atoms with Gasteiger partial charge >= 0.3 is 5.97 Å². The van der Waals surface area contributed by atoms with Gasteiger partial charge in [-0.1, -0.05) is 30.3 Å². The number of carbonyl (C=O) groups is 2. The highest BCUT2D eigenvalue weighted by Crippen LogP contribution is 2.30. The van der Waals surface area contributed by atoms with Gasteiger partial charge in [0.15, 0.2) is 0 Å². The minimum absolute atomic E-state index is 0.176. The topological polar surface area (TPSA) is 64.6 Å². The Labute approximate surface area is 140 Å². The van der Waals surface area contributed by atoms with Gasteiger partial charge in [-0.05, 0) is 29.3 Å². The van der Waals surface area contributed by atoms with Crippen molar-refractivity contribution in [1.29, 1.82) is 0 Å². The number of fused-ring (bicyclic) bond motifs is 1. The van der Waals surface area contributed by atoms with Gasteiger partial charge < -0.3 is 14.8 Å². The van der Waals surface area contributed by atoms with E-state index < -0.39 is 0 Å². The van der Waals surface area contributed by atoms with Crippen LogP contribution in [-0.2, 0) is 15.9 Å². The summed E-state index contributed by atoms with van der Waals surface area (Å²) in [5, 5.41) is 2.78. The first kappa shape index (κ1) is 16.2. The number of rotatable bonds is 5. The maximum Gasteiger partial charge on any atom is 0.339 e. The normalized spacial score (nSPS) is 16.2. The van der Waals surface area contributed by atoms with Gasteiger partial charge in [0.05, 0.1) is 12.2 Å². The molecule has 0 aliphatic carbocycles. The van der Waals surface area contributed by atoms with Gasteiger partial charge in [-0.3, -0.25) is 4.79 Å². The van der Waals surface area contributed by atoms with Crippen molar-refractivity contribution in [3.63, 3.8) is 0 Å². The quantitative estimate of drug-likeness (QED) is 0.678. The van der Waals surface area contributed by atoms with Crippen LogP contribution in [0.25, 0.3) is 0 Å². The molecule has 0 saturated heterocycles. The highest BCUT2D eigenvalue weighted by atomic mass is 16.5. The molecular weight excluding hydrogens is 306 g/mol. The monoisotopic (exact) mass is 325 g/mol. The highest BCUT2D eigenvalue weighted by molar-refractivity contribution is 5.97. The van der Waals surface area contributed by atoms with Gasteiger partial charge in [-0.2, -0.15) is 0 Å². The third-order valence-corrected chi connectivity index (χ3v) is 4.01. The fraction of sp³-hybridized carbons (Fsp3) is 0.263. The number of methoxy groups -OCH3 is 1. The van der Waals surface area contributed by atoms with E-state index in [0.29, 0.717) is 30.7 Å². The lowest BCUT2D eigenvalue weighted by atomic mass is 9.93. The molecule has 1 heterocycles. The Morgan fingerprint density at radius 2 is 2.04 bits per heavy atom. The molecule has 1 atom stereocenters. The lowest BCUT2D eigenvalue weighted by molar-refractivity contribution is 0.0252. The lowest BCUT2D eigenvalue weighted by Crippen LogP contribution is -2.28. The molecule has 124 valence electrons. The second-order valence-electron chi connectivity index (χ2n) is 5.63. The molecule has 24 heavy (non-hydrogen) atoms. The highest BCUT2D eigenvalue weighted by Gasteiger charge is 2.28. The molecular formula is C19H19NO4. The Balaban J connectivity index is 1.81. The minimum atomic E-state index is -0.351. The van der Waals surface area contributed by atoms with Gasteiger partial charge in [0.25, 0.3) is 5.91 Å². The van der Waals surface area contributed by atoms with Gasteiger partial charge in [-0.25, -0.2) is 4.79 Å². The first-order chi connectivity index (χ1) is 11.7. The fourth-order valence-electron chi connectivity index (χ4n) is 2.76. The largest absolute Gasteiger partial charge is 0.454 e. The summed E-state index contributed by atoms with van der Waals surface area (Å²) in [7, 11) is 1.58. The van der Waals surface area contributed by atoms with E-state index in [4.69, 9.17) is 9.47 Å². The predicted octanol–water partition coefficient (Wildman–Crippen LogP) is 2.52. The van der Waals surface area contributed by atoms with Crippen LogP contribution in [0.3, 0.4) is 0 Å². The van der Waals surface area contributed by atoms with Gasteiger partial charge in [0.1, 0.15) is 6.10 Å². The van der Waals surface area contributed by atoms with Crippen LogP contribution >= 0.6 is 0 Å². The first-order valence-corrected chi connectivity index (χ1v) is 7.85. The molecule has 0 fully saturated rings. The van der Waals surface area contributed by atoms with Crippen LogP contribution in [0.4, 0.5) is 0 Å². The van der Waals surface area contributed by atoms with Crippen LogP contribution in [0.2, 0.25) is 0 Å². The van der Waals surface area contributed by atoms with Crippen molar-refractivity contribution >= 4 is 11.9 Å². The average molecular weight is 325 g/mol. The number of nitrogens with one attached hydrogen (secondary N) is 1. The van der Waals surface area contributed by atoms with E-state index in [2.05, 4.69) is 5.32 Å². The summed E-state index contributed by atoms with van der Waals surface area (Å²) in [6, 6.07) is 14.7. The fourth-order valence-corrected chi connectivity index (χ4v) is 2.76. The Kier molecular flexibility index (Phi) is 4.91. The molecule has 5 heteroatoms. The summed E-state index contributed by atoms with van der Waals surface area (Å²) in [6.45, 7) is 0.903. The smallest absolute Gasteiger partial charge is 0.339 e. The number of amides is 1. The third kappa shape index (κ3) is 3.46. The molecule has 5 nitrogen and oxygen atoms in total. The van der Waals surface area contributed by atoms with E-state index in [1.54, 1.807) is 25.3 Å². The van der Waals surface area contributed by atoms with Crippen molar-refractivity contribution in [2.24, 2.45) is 0 Å². The molecule has 1 aliphatic rings. The summed E-state index contributed by atoms with van der Waals surface area (Å²) < 4.78 is 10.4. The van der Waals surface area contributed by atoms with E-state index in [9.17, 15) is 9.59 Å². The maximum absolute atomic E-state index is 12.2. The summed E-state index contributed by atoms with van der Waals surface area (Å²) in [5.41, 5.74) is 2.84. The summed E-state index contributed by atoms with van der Waals surface area (Å²) in [6.07, 6.45) is 0.239. The van der Waals surface area contributed by atoms with Crippen LogP contribution in [0.15, 0.2) is 48.5 Å². The van der Waals surface area contributed by atoms with Crippen molar-refractivity contribution in [3.05, 3.63) is 70.8 Å². The molecule has 3 rings (SSSR count). The molecule has 1 amide bonds. The summed E-state index contributed by atoms with van der Waals surface area (Å²) >= 11 is 0. The molecule has 0 bridgehead atoms. The molecule has 1 N–H and O–H groups in total.